The van der Waals surface area contributed by atoms with Gasteiger partial charge in [-0.15, -0.1) is 0 Å². The second-order valence-corrected chi connectivity index (χ2v) is 7.78. The molecule has 0 atom stereocenters. The average molecular weight is 481 g/mol. The maximum Gasteiger partial charge on any atom is 0.226 e. The van der Waals surface area contributed by atoms with Crippen molar-refractivity contribution in [3.63, 3.8) is 0 Å². The Morgan fingerprint density at radius 2 is 1.06 bits per heavy atom. The molecule has 3 nitrogen and oxygen atoms in total. The van der Waals surface area contributed by atoms with Gasteiger partial charge >= 0.3 is 0 Å². The van der Waals surface area contributed by atoms with E-state index >= 15 is 0 Å². The average Bonchev–Trinajstić information content (AvgIpc) is 3.05. The van der Waals surface area contributed by atoms with E-state index in [1.165, 1.54) is 0 Å². The number of fused-ring (bicyclic) bond motifs is 1. The normalized spacial score (nSPS) is 15.4. The minimum atomic E-state index is -0.680. The van der Waals surface area contributed by atoms with Gasteiger partial charge in [0.15, 0.2) is 11.6 Å². The van der Waals surface area contributed by atoms with Gasteiger partial charge in [0.05, 0.1) is 15.1 Å². The van der Waals surface area contributed by atoms with Crippen LogP contribution in [0.5, 0.6) is 0 Å². The fraction of sp³-hybridized carbons (Fsp3) is 0. The molecule has 6 aromatic rings. The second kappa shape index (κ2) is 9.13. The van der Waals surface area contributed by atoms with Gasteiger partial charge in [0.2, 0.25) is 5.28 Å². The number of nitrogens with zero attached hydrogens (tertiary/aromatic N) is 3. The Balaban J connectivity index is 1.53. The van der Waals surface area contributed by atoms with E-state index in [0.717, 1.165) is 11.1 Å². The smallest absolute Gasteiger partial charge is 0.208 e. The van der Waals surface area contributed by atoms with Crippen LogP contribution in [0.1, 0.15) is 15.1 Å². The van der Waals surface area contributed by atoms with Gasteiger partial charge in [-0.2, -0.15) is 9.97 Å². The summed E-state index contributed by atoms with van der Waals surface area (Å²) in [4.78, 5) is 12.7. The number of rotatable bonds is 4. The van der Waals surface area contributed by atoms with Gasteiger partial charge in [0, 0.05) is 11.1 Å². The first-order chi connectivity index (χ1) is 21.8. The van der Waals surface area contributed by atoms with Gasteiger partial charge in [-0.1, -0.05) is 115 Å². The largest absolute Gasteiger partial charge is 0.226 e. The molecule has 1 heterocycles. The Labute approximate surface area is 224 Å². The Hall–Kier alpha value is -4.34. The molecule has 0 N–H and O–H groups in total. The number of hydrogen-bond acceptors (Lipinski definition) is 3. The number of aromatic nitrogens is 3. The van der Waals surface area contributed by atoms with Crippen molar-refractivity contribution in [2.75, 3.05) is 0 Å². The van der Waals surface area contributed by atoms with Crippen LogP contribution in [0.2, 0.25) is 5.28 Å². The third kappa shape index (κ3) is 4.42. The molecule has 0 spiro atoms. The van der Waals surface area contributed by atoms with Gasteiger partial charge in [-0.3, -0.25) is 0 Å². The summed E-state index contributed by atoms with van der Waals surface area (Å²) in [5, 5.41) is -0.964. The third-order valence-electron chi connectivity index (χ3n) is 5.21. The molecule has 4 heteroatoms. The fourth-order valence-corrected chi connectivity index (χ4v) is 3.65. The first kappa shape index (κ1) is 12.4. The molecule has 0 saturated carbocycles. The maximum absolute atomic E-state index is 8.81. The van der Waals surface area contributed by atoms with Crippen molar-refractivity contribution >= 4 is 22.4 Å². The summed E-state index contributed by atoms with van der Waals surface area (Å²) >= 11 is 6.24. The molecule has 0 aliphatic rings. The van der Waals surface area contributed by atoms with E-state index in [0.29, 0.717) is 5.56 Å². The number of benzene rings is 5. The molecule has 0 amide bonds. The van der Waals surface area contributed by atoms with E-state index in [2.05, 4.69) is 15.0 Å². The first-order valence-electron chi connectivity index (χ1n) is 16.0. The van der Waals surface area contributed by atoms with Crippen LogP contribution in [-0.2, 0) is 0 Å². The molecular weight excluding hydrogens is 450 g/mol. The minimum Gasteiger partial charge on any atom is -0.208 e. The van der Waals surface area contributed by atoms with Crippen LogP contribution < -0.4 is 0 Å². The van der Waals surface area contributed by atoms with Crippen LogP contribution in [0.25, 0.3) is 55.8 Å². The van der Waals surface area contributed by atoms with Crippen molar-refractivity contribution in [3.8, 4) is 45.0 Å². The van der Waals surface area contributed by atoms with Crippen molar-refractivity contribution in [3.05, 3.63) is 126 Å². The molecule has 5 aromatic carbocycles. The van der Waals surface area contributed by atoms with Gasteiger partial charge in [0.1, 0.15) is 0 Å². The zero-order valence-corrected chi connectivity index (χ0v) is 18.7. The summed E-state index contributed by atoms with van der Waals surface area (Å²) in [7, 11) is 0. The van der Waals surface area contributed by atoms with Crippen molar-refractivity contribution in [2.24, 2.45) is 0 Å². The highest BCUT2D eigenvalue weighted by Gasteiger charge is 2.10. The molecule has 0 aliphatic carbocycles. The molecule has 0 radical (unpaired) electrons. The zero-order valence-electron chi connectivity index (χ0n) is 28.9. The molecule has 1 aromatic heterocycles. The van der Waals surface area contributed by atoms with E-state index < -0.39 is 77.6 Å². The highest BCUT2D eigenvalue weighted by molar-refractivity contribution is 6.28. The number of hydrogen-bond donors (Lipinski definition) is 0. The summed E-state index contributed by atoms with van der Waals surface area (Å²) in [5.74, 6) is -0.114. The Bertz CT molecular complexity index is 2200. The minimum absolute atomic E-state index is 0.125. The lowest BCUT2D eigenvalue weighted by atomic mass is 10.0. The van der Waals surface area contributed by atoms with Crippen molar-refractivity contribution in [2.45, 2.75) is 0 Å². The molecule has 0 aliphatic heterocycles. The Morgan fingerprint density at radius 3 is 1.80 bits per heavy atom. The standard InChI is InChI=1S/C31H20ClN3/c32-31-34-29(25-15-10-23(11-16-25)21-6-2-1-3-7-21)33-30(35-31)26-17-12-24(13-18-26)28-19-14-22-8-4-5-9-27(22)20-28/h1-20H/i4D,5D,8D,9D,12D,13D,14D,17D,18D,19D,20D. The van der Waals surface area contributed by atoms with Gasteiger partial charge in [0.25, 0.3) is 0 Å². The van der Waals surface area contributed by atoms with Crippen LogP contribution in [0.4, 0.5) is 0 Å². The van der Waals surface area contributed by atoms with Crippen LogP contribution in [0, 0.1) is 0 Å². The molecule has 6 rings (SSSR count). The Kier molecular flexibility index (Phi) is 3.23. The van der Waals surface area contributed by atoms with E-state index in [-0.39, 0.29) is 33.3 Å². The van der Waals surface area contributed by atoms with E-state index in [1.54, 1.807) is 12.1 Å². The van der Waals surface area contributed by atoms with Crippen molar-refractivity contribution < 1.29 is 15.1 Å². The topological polar surface area (TPSA) is 38.7 Å². The van der Waals surface area contributed by atoms with Gasteiger partial charge in [-0.05, 0) is 50.7 Å². The number of halogens is 1. The molecule has 166 valence electrons. The summed E-state index contributed by atoms with van der Waals surface area (Å²) in [6.07, 6.45) is 0. The monoisotopic (exact) mass is 480 g/mol. The van der Waals surface area contributed by atoms with Crippen LogP contribution in [0.3, 0.4) is 0 Å². The molecule has 0 saturated heterocycles. The van der Waals surface area contributed by atoms with Gasteiger partial charge in [-0.25, -0.2) is 4.98 Å². The highest BCUT2D eigenvalue weighted by Crippen LogP contribution is 2.28. The first-order valence-corrected chi connectivity index (χ1v) is 10.9. The summed E-state index contributed by atoms with van der Waals surface area (Å²) in [5.41, 5.74) is 1.24. The fourth-order valence-electron chi connectivity index (χ4n) is 3.49. The van der Waals surface area contributed by atoms with E-state index in [4.69, 9.17) is 26.7 Å². The van der Waals surface area contributed by atoms with E-state index in [1.807, 2.05) is 42.5 Å². The lowest BCUT2D eigenvalue weighted by Gasteiger charge is -2.08. The third-order valence-corrected chi connectivity index (χ3v) is 5.38. The predicted molar refractivity (Wildman–Crippen MR) is 144 cm³/mol. The van der Waals surface area contributed by atoms with Gasteiger partial charge < -0.3 is 0 Å². The molecular formula is C31H20ClN3. The Morgan fingerprint density at radius 1 is 0.486 bits per heavy atom. The zero-order chi connectivity index (χ0) is 33.2. The molecule has 0 unspecified atom stereocenters. The van der Waals surface area contributed by atoms with Crippen LogP contribution in [0.15, 0.2) is 121 Å². The predicted octanol–water partition coefficient (Wildman–Crippen LogP) is 8.35. The second-order valence-electron chi connectivity index (χ2n) is 7.45. The lowest BCUT2D eigenvalue weighted by molar-refractivity contribution is 1.07. The lowest BCUT2D eigenvalue weighted by Crippen LogP contribution is -1.97. The highest BCUT2D eigenvalue weighted by atomic mass is 35.5. The van der Waals surface area contributed by atoms with Crippen LogP contribution in [-0.4, -0.2) is 15.0 Å². The molecule has 0 bridgehead atoms. The van der Waals surface area contributed by atoms with Crippen molar-refractivity contribution in [1.82, 2.24) is 15.0 Å². The van der Waals surface area contributed by atoms with Crippen LogP contribution >= 0.6 is 11.6 Å². The summed E-state index contributed by atoms with van der Waals surface area (Å²) in [6.45, 7) is 0. The quantitative estimate of drug-likeness (QED) is 0.254. The summed E-state index contributed by atoms with van der Waals surface area (Å²) in [6, 6.07) is 10.00. The molecule has 35 heavy (non-hydrogen) atoms. The summed E-state index contributed by atoms with van der Waals surface area (Å²) < 4.78 is 93.7. The molecule has 0 fully saturated rings. The van der Waals surface area contributed by atoms with Crippen molar-refractivity contribution in [1.29, 1.82) is 0 Å². The van der Waals surface area contributed by atoms with E-state index in [9.17, 15) is 0 Å². The SMILES string of the molecule is [2H]c1c([2H])c(-c2c([2H])c([2H])c3c([2H])c([2H])c([2H])c([2H])c3c2[2H])c([2H])c([2H])c1-c1nc(Cl)nc(-c2ccc(-c3ccccc3)cc2)n1. The maximum atomic E-state index is 8.81.